The lowest BCUT2D eigenvalue weighted by Gasteiger charge is -2.17. The van der Waals surface area contributed by atoms with Crippen molar-refractivity contribution in [2.75, 3.05) is 18.5 Å². The van der Waals surface area contributed by atoms with Crippen LogP contribution in [0.2, 0.25) is 0 Å². The molecule has 1 atom stereocenters. The molecule has 0 aliphatic rings. The summed E-state index contributed by atoms with van der Waals surface area (Å²) in [6, 6.07) is 10.6. The minimum absolute atomic E-state index is 0.287. The maximum absolute atomic E-state index is 5.43. The van der Waals surface area contributed by atoms with Crippen LogP contribution in [-0.2, 0) is 4.74 Å². The molecule has 18 heavy (non-hydrogen) atoms. The van der Waals surface area contributed by atoms with E-state index in [1.54, 1.807) is 0 Å². The van der Waals surface area contributed by atoms with E-state index in [0.717, 1.165) is 28.9 Å². The zero-order valence-corrected chi connectivity index (χ0v) is 11.2. The van der Waals surface area contributed by atoms with E-state index in [9.17, 15) is 0 Å². The van der Waals surface area contributed by atoms with Crippen LogP contribution < -0.4 is 5.32 Å². The quantitative estimate of drug-likeness (QED) is 0.875. The van der Waals surface area contributed by atoms with Crippen LogP contribution in [0, 0.1) is 6.92 Å². The number of benzene rings is 1. The van der Waals surface area contributed by atoms with Crippen LogP contribution in [0.5, 0.6) is 0 Å². The number of pyridine rings is 1. The van der Waals surface area contributed by atoms with E-state index in [0.29, 0.717) is 6.61 Å². The van der Waals surface area contributed by atoms with Gasteiger partial charge in [-0.05, 0) is 32.9 Å². The Labute approximate surface area is 108 Å². The van der Waals surface area contributed by atoms with Crippen molar-refractivity contribution in [1.82, 2.24) is 4.98 Å². The van der Waals surface area contributed by atoms with Gasteiger partial charge in [0.2, 0.25) is 0 Å². The molecule has 2 aromatic rings. The molecule has 1 heterocycles. The van der Waals surface area contributed by atoms with Gasteiger partial charge in [0.05, 0.1) is 12.1 Å². The Bertz CT molecular complexity index is 525. The smallest absolute Gasteiger partial charge is 0.0725 e. The Morgan fingerprint density at radius 3 is 2.89 bits per heavy atom. The highest BCUT2D eigenvalue weighted by Crippen LogP contribution is 2.23. The summed E-state index contributed by atoms with van der Waals surface area (Å²) in [5, 5.41) is 4.65. The topological polar surface area (TPSA) is 34.1 Å². The summed E-state index contributed by atoms with van der Waals surface area (Å²) in [5.74, 6) is 0. The highest BCUT2D eigenvalue weighted by Gasteiger charge is 2.07. The zero-order chi connectivity index (χ0) is 13.0. The number of aryl methyl sites for hydroxylation is 1. The predicted molar refractivity (Wildman–Crippen MR) is 76.1 cm³/mol. The summed E-state index contributed by atoms with van der Waals surface area (Å²) < 4.78 is 5.43. The number of rotatable bonds is 5. The van der Waals surface area contributed by atoms with Gasteiger partial charge in [-0.1, -0.05) is 18.2 Å². The van der Waals surface area contributed by atoms with Gasteiger partial charge in [-0.2, -0.15) is 0 Å². The summed E-state index contributed by atoms with van der Waals surface area (Å²) >= 11 is 0. The van der Waals surface area contributed by atoms with Crippen molar-refractivity contribution < 1.29 is 4.74 Å². The molecule has 1 aromatic carbocycles. The summed E-state index contributed by atoms with van der Waals surface area (Å²) in [6.07, 6.45) is 0. The number of fused-ring (bicyclic) bond motifs is 1. The fraction of sp³-hybridized carbons (Fsp3) is 0.400. The number of anilines is 1. The van der Waals surface area contributed by atoms with E-state index in [1.807, 2.05) is 32.0 Å². The van der Waals surface area contributed by atoms with Gasteiger partial charge in [0.25, 0.3) is 0 Å². The van der Waals surface area contributed by atoms with Gasteiger partial charge in [0, 0.05) is 29.4 Å². The second-order valence-electron chi connectivity index (χ2n) is 4.53. The monoisotopic (exact) mass is 244 g/mol. The van der Waals surface area contributed by atoms with Crippen LogP contribution in [0.4, 0.5) is 5.69 Å². The van der Waals surface area contributed by atoms with E-state index < -0.39 is 0 Å². The molecular weight excluding hydrogens is 224 g/mol. The number of para-hydroxylation sites is 1. The van der Waals surface area contributed by atoms with Crippen molar-refractivity contribution in [2.45, 2.75) is 26.8 Å². The van der Waals surface area contributed by atoms with Gasteiger partial charge in [-0.25, -0.2) is 0 Å². The van der Waals surface area contributed by atoms with Gasteiger partial charge < -0.3 is 10.1 Å². The van der Waals surface area contributed by atoms with Crippen LogP contribution in [-0.4, -0.2) is 24.2 Å². The first-order valence-electron chi connectivity index (χ1n) is 6.41. The predicted octanol–water partition coefficient (Wildman–Crippen LogP) is 3.38. The molecule has 1 unspecified atom stereocenters. The molecule has 2 rings (SSSR count). The van der Waals surface area contributed by atoms with E-state index >= 15 is 0 Å². The minimum atomic E-state index is 0.287. The molecular formula is C15H20N2O. The molecule has 0 radical (unpaired) electrons. The highest BCUT2D eigenvalue weighted by atomic mass is 16.5. The van der Waals surface area contributed by atoms with Gasteiger partial charge in [-0.15, -0.1) is 0 Å². The van der Waals surface area contributed by atoms with Crippen LogP contribution in [0.3, 0.4) is 0 Å². The summed E-state index contributed by atoms with van der Waals surface area (Å²) in [5.41, 5.74) is 3.19. The largest absolute Gasteiger partial charge is 0.380 e. The molecule has 0 amide bonds. The van der Waals surface area contributed by atoms with Crippen molar-refractivity contribution in [3.8, 4) is 0 Å². The van der Waals surface area contributed by atoms with Crippen LogP contribution >= 0.6 is 0 Å². The average Bonchev–Trinajstić information content (AvgIpc) is 2.36. The Balaban J connectivity index is 2.26. The van der Waals surface area contributed by atoms with E-state index in [-0.39, 0.29) is 6.04 Å². The van der Waals surface area contributed by atoms with Crippen molar-refractivity contribution in [2.24, 2.45) is 0 Å². The first kappa shape index (κ1) is 12.8. The molecule has 0 fully saturated rings. The Kier molecular flexibility index (Phi) is 4.15. The fourth-order valence-corrected chi connectivity index (χ4v) is 2.03. The Hall–Kier alpha value is -1.61. The van der Waals surface area contributed by atoms with E-state index in [4.69, 9.17) is 4.74 Å². The average molecular weight is 244 g/mol. The molecule has 0 spiro atoms. The molecule has 0 aliphatic carbocycles. The molecule has 3 heteroatoms. The number of nitrogens with zero attached hydrogens (tertiary/aromatic N) is 1. The third-order valence-electron chi connectivity index (χ3n) is 2.82. The summed E-state index contributed by atoms with van der Waals surface area (Å²) in [7, 11) is 0. The number of hydrogen-bond acceptors (Lipinski definition) is 3. The lowest BCUT2D eigenvalue weighted by atomic mass is 10.1. The first-order valence-corrected chi connectivity index (χ1v) is 6.41. The summed E-state index contributed by atoms with van der Waals surface area (Å²) in [6.45, 7) is 7.62. The standard InChI is InChI=1S/C15H20N2O/c1-4-18-10-12(3)17-15-9-11(2)16-14-8-6-5-7-13(14)15/h5-9,12H,4,10H2,1-3H3,(H,16,17). The van der Waals surface area contributed by atoms with Gasteiger partial charge in [-0.3, -0.25) is 4.98 Å². The number of nitrogens with one attached hydrogen (secondary N) is 1. The molecule has 1 N–H and O–H groups in total. The van der Waals surface area contributed by atoms with Crippen molar-refractivity contribution in [3.63, 3.8) is 0 Å². The van der Waals surface area contributed by atoms with Crippen molar-refractivity contribution >= 4 is 16.6 Å². The second-order valence-corrected chi connectivity index (χ2v) is 4.53. The molecule has 0 saturated heterocycles. The number of aromatic nitrogens is 1. The lowest BCUT2D eigenvalue weighted by molar-refractivity contribution is 0.141. The Morgan fingerprint density at radius 2 is 2.11 bits per heavy atom. The molecule has 0 bridgehead atoms. The normalized spacial score (nSPS) is 12.6. The van der Waals surface area contributed by atoms with Gasteiger partial charge in [0.1, 0.15) is 0 Å². The third-order valence-corrected chi connectivity index (χ3v) is 2.82. The maximum atomic E-state index is 5.43. The second kappa shape index (κ2) is 5.83. The van der Waals surface area contributed by atoms with Crippen LogP contribution in [0.1, 0.15) is 19.5 Å². The minimum Gasteiger partial charge on any atom is -0.380 e. The Morgan fingerprint density at radius 1 is 1.33 bits per heavy atom. The molecule has 3 nitrogen and oxygen atoms in total. The van der Waals surface area contributed by atoms with Crippen LogP contribution in [0.15, 0.2) is 30.3 Å². The lowest BCUT2D eigenvalue weighted by Crippen LogP contribution is -2.22. The highest BCUT2D eigenvalue weighted by molar-refractivity contribution is 5.91. The van der Waals surface area contributed by atoms with E-state index in [1.165, 1.54) is 0 Å². The van der Waals surface area contributed by atoms with Crippen LogP contribution in [0.25, 0.3) is 10.9 Å². The number of ether oxygens (including phenoxy) is 1. The van der Waals surface area contributed by atoms with Gasteiger partial charge >= 0.3 is 0 Å². The molecule has 0 saturated carbocycles. The summed E-state index contributed by atoms with van der Waals surface area (Å²) in [4.78, 5) is 4.53. The molecule has 0 aliphatic heterocycles. The zero-order valence-electron chi connectivity index (χ0n) is 11.2. The third kappa shape index (κ3) is 2.99. The van der Waals surface area contributed by atoms with Gasteiger partial charge in [0.15, 0.2) is 0 Å². The molecule has 1 aromatic heterocycles. The first-order chi connectivity index (χ1) is 8.70. The number of hydrogen-bond donors (Lipinski definition) is 1. The SMILES string of the molecule is CCOCC(C)Nc1cc(C)nc2ccccc12. The fourth-order valence-electron chi connectivity index (χ4n) is 2.03. The van der Waals surface area contributed by atoms with E-state index in [2.05, 4.69) is 29.4 Å². The maximum Gasteiger partial charge on any atom is 0.0725 e. The van der Waals surface area contributed by atoms with Crippen molar-refractivity contribution in [1.29, 1.82) is 0 Å². The van der Waals surface area contributed by atoms with Crippen molar-refractivity contribution in [3.05, 3.63) is 36.0 Å². The molecule has 96 valence electrons.